The van der Waals surface area contributed by atoms with Gasteiger partial charge in [-0.15, -0.1) is 11.3 Å². The molecule has 0 radical (unpaired) electrons. The Morgan fingerprint density at radius 3 is 2.90 bits per heavy atom. The summed E-state index contributed by atoms with van der Waals surface area (Å²) in [5.41, 5.74) is 2.87. The quantitative estimate of drug-likeness (QED) is 0.458. The standard InChI is InChI=1S/C16H15IN2OS/c1-2-7-19-13-6-4-3-5-12(13)18-16(19)9-14(20)11-8-15(17)21-10-11/h3-6,8,10H,2,7,9H2,1H3. The van der Waals surface area contributed by atoms with Crippen molar-refractivity contribution in [3.63, 3.8) is 0 Å². The fourth-order valence-corrected chi connectivity index (χ4v) is 3.79. The predicted molar refractivity (Wildman–Crippen MR) is 95.1 cm³/mol. The molecule has 0 saturated carbocycles. The summed E-state index contributed by atoms with van der Waals surface area (Å²) in [4.78, 5) is 17.1. The number of halogens is 1. The topological polar surface area (TPSA) is 34.9 Å². The number of ketones is 1. The zero-order valence-electron chi connectivity index (χ0n) is 11.7. The molecule has 3 aromatic rings. The molecule has 0 aliphatic heterocycles. The average Bonchev–Trinajstić information content (AvgIpc) is 3.04. The highest BCUT2D eigenvalue weighted by Crippen LogP contribution is 2.21. The maximum absolute atomic E-state index is 12.4. The van der Waals surface area contributed by atoms with E-state index in [1.165, 1.54) is 0 Å². The Morgan fingerprint density at radius 1 is 1.38 bits per heavy atom. The molecule has 5 heteroatoms. The van der Waals surface area contributed by atoms with E-state index in [1.54, 1.807) is 11.3 Å². The molecule has 0 aliphatic carbocycles. The number of aromatic nitrogens is 2. The van der Waals surface area contributed by atoms with Crippen molar-refractivity contribution < 1.29 is 4.79 Å². The van der Waals surface area contributed by atoms with Gasteiger partial charge in [0.05, 0.1) is 20.3 Å². The number of rotatable bonds is 5. The van der Waals surface area contributed by atoms with E-state index in [-0.39, 0.29) is 5.78 Å². The van der Waals surface area contributed by atoms with Gasteiger partial charge in [-0.3, -0.25) is 4.79 Å². The smallest absolute Gasteiger partial charge is 0.171 e. The van der Waals surface area contributed by atoms with Crippen LogP contribution in [0.15, 0.2) is 35.7 Å². The number of carbonyl (C=O) groups excluding carboxylic acids is 1. The van der Waals surface area contributed by atoms with Crippen LogP contribution in [0.2, 0.25) is 0 Å². The van der Waals surface area contributed by atoms with Crippen LogP contribution in [0.1, 0.15) is 29.5 Å². The number of fused-ring (bicyclic) bond motifs is 1. The molecule has 1 aromatic carbocycles. The summed E-state index contributed by atoms with van der Waals surface area (Å²) in [6.07, 6.45) is 1.39. The third-order valence-electron chi connectivity index (χ3n) is 3.39. The number of nitrogens with zero attached hydrogens (tertiary/aromatic N) is 2. The third kappa shape index (κ3) is 3.03. The lowest BCUT2D eigenvalue weighted by atomic mass is 10.1. The Labute approximate surface area is 141 Å². The van der Waals surface area contributed by atoms with Crippen LogP contribution in [-0.2, 0) is 13.0 Å². The first kappa shape index (κ1) is 14.7. The van der Waals surface area contributed by atoms with Gasteiger partial charge in [0.1, 0.15) is 5.82 Å². The Hall–Kier alpha value is -1.21. The number of thiophene rings is 1. The Morgan fingerprint density at radius 2 is 2.19 bits per heavy atom. The van der Waals surface area contributed by atoms with Crippen LogP contribution in [-0.4, -0.2) is 15.3 Å². The second kappa shape index (κ2) is 6.27. The zero-order valence-corrected chi connectivity index (χ0v) is 14.6. The highest BCUT2D eigenvalue weighted by molar-refractivity contribution is 14.1. The van der Waals surface area contributed by atoms with Crippen molar-refractivity contribution in [2.75, 3.05) is 0 Å². The molecule has 2 heterocycles. The summed E-state index contributed by atoms with van der Waals surface area (Å²) in [6, 6.07) is 10.0. The third-order valence-corrected chi connectivity index (χ3v) is 5.18. The number of para-hydroxylation sites is 2. The fraction of sp³-hybridized carbons (Fsp3) is 0.250. The molecule has 3 nitrogen and oxygen atoms in total. The molecule has 2 aromatic heterocycles. The molecule has 0 spiro atoms. The van der Waals surface area contributed by atoms with E-state index in [1.807, 2.05) is 29.6 Å². The molecule has 0 amide bonds. The second-order valence-corrected chi connectivity index (χ2v) is 7.71. The summed E-state index contributed by atoms with van der Waals surface area (Å²) < 4.78 is 3.31. The van der Waals surface area contributed by atoms with Crippen molar-refractivity contribution in [3.8, 4) is 0 Å². The van der Waals surface area contributed by atoms with Gasteiger partial charge in [0.2, 0.25) is 0 Å². The van der Waals surface area contributed by atoms with Crippen molar-refractivity contribution >= 4 is 50.7 Å². The minimum absolute atomic E-state index is 0.141. The number of carbonyl (C=O) groups is 1. The normalized spacial score (nSPS) is 11.1. The molecule has 0 unspecified atom stereocenters. The Balaban J connectivity index is 1.96. The van der Waals surface area contributed by atoms with Crippen molar-refractivity contribution in [2.24, 2.45) is 0 Å². The average molecular weight is 410 g/mol. The van der Waals surface area contributed by atoms with Crippen molar-refractivity contribution in [1.82, 2.24) is 9.55 Å². The van der Waals surface area contributed by atoms with Gasteiger partial charge in [-0.1, -0.05) is 19.1 Å². The number of aryl methyl sites for hydroxylation is 1. The van der Waals surface area contributed by atoms with Gasteiger partial charge in [0, 0.05) is 17.5 Å². The van der Waals surface area contributed by atoms with E-state index in [2.05, 4.69) is 45.1 Å². The molecule has 108 valence electrons. The van der Waals surface area contributed by atoms with Crippen LogP contribution in [0.3, 0.4) is 0 Å². The maximum atomic E-state index is 12.4. The van der Waals surface area contributed by atoms with Crippen LogP contribution >= 0.6 is 33.9 Å². The highest BCUT2D eigenvalue weighted by atomic mass is 127. The van der Waals surface area contributed by atoms with Gasteiger partial charge in [-0.25, -0.2) is 4.98 Å². The van der Waals surface area contributed by atoms with Crippen molar-refractivity contribution in [1.29, 1.82) is 0 Å². The number of hydrogen-bond donors (Lipinski definition) is 0. The minimum atomic E-state index is 0.141. The van der Waals surface area contributed by atoms with Crippen LogP contribution in [0.4, 0.5) is 0 Å². The van der Waals surface area contributed by atoms with E-state index in [9.17, 15) is 4.79 Å². The van der Waals surface area contributed by atoms with E-state index in [4.69, 9.17) is 0 Å². The second-order valence-electron chi connectivity index (χ2n) is 4.91. The van der Waals surface area contributed by atoms with Gasteiger partial charge in [-0.2, -0.15) is 0 Å². The number of hydrogen-bond acceptors (Lipinski definition) is 3. The first-order valence-corrected chi connectivity index (χ1v) is 8.86. The number of imidazole rings is 1. The Kier molecular flexibility index (Phi) is 4.40. The summed E-state index contributed by atoms with van der Waals surface area (Å²) in [5.74, 6) is 1.01. The molecule has 0 N–H and O–H groups in total. The van der Waals surface area contributed by atoms with Crippen LogP contribution < -0.4 is 0 Å². The van der Waals surface area contributed by atoms with Crippen LogP contribution in [0.5, 0.6) is 0 Å². The Bertz CT molecular complexity index is 791. The van der Waals surface area contributed by atoms with Gasteiger partial charge in [-0.05, 0) is 47.2 Å². The molecule has 0 atom stereocenters. The zero-order chi connectivity index (χ0) is 14.8. The lowest BCUT2D eigenvalue weighted by Gasteiger charge is -2.06. The van der Waals surface area contributed by atoms with E-state index >= 15 is 0 Å². The molecule has 0 saturated heterocycles. The largest absolute Gasteiger partial charge is 0.328 e. The van der Waals surface area contributed by atoms with Gasteiger partial charge in [0.15, 0.2) is 5.78 Å². The lowest BCUT2D eigenvalue weighted by Crippen LogP contribution is -2.10. The molecule has 0 aliphatic rings. The van der Waals surface area contributed by atoms with Gasteiger partial charge in [0.25, 0.3) is 0 Å². The van der Waals surface area contributed by atoms with Crippen molar-refractivity contribution in [3.05, 3.63) is 50.0 Å². The lowest BCUT2D eigenvalue weighted by molar-refractivity contribution is 0.0990. The van der Waals surface area contributed by atoms with E-state index in [0.717, 1.165) is 38.3 Å². The predicted octanol–water partition coefficient (Wildman–Crippen LogP) is 4.54. The summed E-state index contributed by atoms with van der Waals surface area (Å²) in [5, 5.41) is 1.93. The minimum Gasteiger partial charge on any atom is -0.328 e. The SMILES string of the molecule is CCCn1c(CC(=O)c2csc(I)c2)nc2ccccc21. The summed E-state index contributed by atoms with van der Waals surface area (Å²) >= 11 is 3.84. The number of Topliss-reactive ketones (excluding diaryl/α,β-unsaturated/α-hetero) is 1. The van der Waals surface area contributed by atoms with E-state index in [0.29, 0.717) is 6.42 Å². The van der Waals surface area contributed by atoms with Crippen LogP contribution in [0.25, 0.3) is 11.0 Å². The molecule has 0 bridgehead atoms. The van der Waals surface area contributed by atoms with Gasteiger partial charge < -0.3 is 4.57 Å². The van der Waals surface area contributed by atoms with E-state index < -0.39 is 0 Å². The maximum Gasteiger partial charge on any atom is 0.171 e. The first-order valence-electron chi connectivity index (χ1n) is 6.90. The number of benzene rings is 1. The first-order chi connectivity index (χ1) is 10.2. The monoisotopic (exact) mass is 410 g/mol. The molecule has 0 fully saturated rings. The molecular weight excluding hydrogens is 395 g/mol. The van der Waals surface area contributed by atoms with Crippen LogP contribution in [0, 0.1) is 2.88 Å². The summed E-state index contributed by atoms with van der Waals surface area (Å²) in [7, 11) is 0. The fourth-order valence-electron chi connectivity index (χ4n) is 2.44. The van der Waals surface area contributed by atoms with Gasteiger partial charge >= 0.3 is 0 Å². The summed E-state index contributed by atoms with van der Waals surface area (Å²) in [6.45, 7) is 3.03. The van der Waals surface area contributed by atoms with Crippen molar-refractivity contribution in [2.45, 2.75) is 26.3 Å². The molecule has 3 rings (SSSR count). The molecule has 21 heavy (non-hydrogen) atoms. The highest BCUT2D eigenvalue weighted by Gasteiger charge is 2.15. The molecular formula is C16H15IN2OS.